The summed E-state index contributed by atoms with van der Waals surface area (Å²) in [5.41, 5.74) is 8.64. The predicted octanol–water partition coefficient (Wildman–Crippen LogP) is 3.06. The van der Waals surface area contributed by atoms with Crippen LogP contribution in [-0.2, 0) is 13.1 Å². The highest BCUT2D eigenvalue weighted by Crippen LogP contribution is 2.21. The van der Waals surface area contributed by atoms with E-state index in [4.69, 9.17) is 5.73 Å². The molecule has 3 nitrogen and oxygen atoms in total. The zero-order valence-corrected chi connectivity index (χ0v) is 14.4. The van der Waals surface area contributed by atoms with Crippen LogP contribution in [-0.4, -0.2) is 28.6 Å². The highest BCUT2D eigenvalue weighted by Gasteiger charge is 2.24. The van der Waals surface area contributed by atoms with Gasteiger partial charge in [0, 0.05) is 41.1 Å². The van der Waals surface area contributed by atoms with Gasteiger partial charge in [-0.1, -0.05) is 30.3 Å². The molecule has 0 bridgehead atoms. The molecule has 3 rings (SSSR count). The minimum atomic E-state index is 0.558. The first-order valence-electron chi connectivity index (χ1n) is 7.59. The van der Waals surface area contributed by atoms with Gasteiger partial charge in [-0.15, -0.1) is 0 Å². The second-order valence-electron chi connectivity index (χ2n) is 5.77. The maximum atomic E-state index is 5.89. The normalized spacial score (nSPS) is 19.2. The van der Waals surface area contributed by atoms with E-state index in [0.717, 1.165) is 19.6 Å². The fraction of sp³-hybridized carbons (Fsp3) is 0.412. The molecule has 1 aliphatic rings. The van der Waals surface area contributed by atoms with Crippen LogP contribution in [0.15, 0.2) is 42.6 Å². The van der Waals surface area contributed by atoms with Crippen molar-refractivity contribution >= 4 is 22.6 Å². The van der Waals surface area contributed by atoms with E-state index in [-0.39, 0.29) is 0 Å². The molecule has 1 atom stereocenters. The molecule has 0 saturated carbocycles. The highest BCUT2D eigenvalue weighted by molar-refractivity contribution is 14.1. The van der Waals surface area contributed by atoms with Crippen LogP contribution in [0, 0.1) is 3.57 Å². The van der Waals surface area contributed by atoms with Crippen molar-refractivity contribution in [2.75, 3.05) is 13.1 Å². The maximum absolute atomic E-state index is 5.89. The number of nitrogens with zero attached hydrogens (tertiary/aromatic N) is 2. The van der Waals surface area contributed by atoms with Crippen LogP contribution >= 0.6 is 22.6 Å². The Labute approximate surface area is 140 Å². The smallest absolute Gasteiger partial charge is 0.0473 e. The van der Waals surface area contributed by atoms with Crippen molar-refractivity contribution in [1.29, 1.82) is 0 Å². The number of likely N-dealkylation sites (tertiary alicyclic amines) is 1. The van der Waals surface area contributed by atoms with Gasteiger partial charge in [-0.2, -0.15) is 0 Å². The summed E-state index contributed by atoms with van der Waals surface area (Å²) >= 11 is 2.41. The second kappa shape index (κ2) is 6.94. The number of nitrogens with two attached hydrogens (primary N) is 1. The van der Waals surface area contributed by atoms with Crippen LogP contribution < -0.4 is 5.73 Å². The average molecular weight is 395 g/mol. The quantitative estimate of drug-likeness (QED) is 0.790. The summed E-state index contributed by atoms with van der Waals surface area (Å²) in [6.07, 6.45) is 4.77. The summed E-state index contributed by atoms with van der Waals surface area (Å²) in [5.74, 6) is 0. The van der Waals surface area contributed by atoms with Crippen molar-refractivity contribution in [2.45, 2.75) is 32.0 Å². The van der Waals surface area contributed by atoms with Gasteiger partial charge in [0.25, 0.3) is 0 Å². The Bertz CT molecular complexity index is 579. The molecule has 21 heavy (non-hydrogen) atoms. The first-order valence-corrected chi connectivity index (χ1v) is 8.66. The van der Waals surface area contributed by atoms with Gasteiger partial charge in [0.05, 0.1) is 0 Å². The summed E-state index contributed by atoms with van der Waals surface area (Å²) in [4.78, 5) is 2.53. The van der Waals surface area contributed by atoms with E-state index in [0.29, 0.717) is 6.04 Å². The molecule has 0 radical (unpaired) electrons. The molecule has 112 valence electrons. The molecule has 1 fully saturated rings. The summed E-state index contributed by atoms with van der Waals surface area (Å²) in [6.45, 7) is 3.91. The van der Waals surface area contributed by atoms with Gasteiger partial charge in [0.1, 0.15) is 0 Å². The number of benzene rings is 1. The molecule has 2 N–H and O–H groups in total. The first-order chi connectivity index (χ1) is 10.3. The predicted molar refractivity (Wildman–Crippen MR) is 95.2 cm³/mol. The van der Waals surface area contributed by atoms with Crippen molar-refractivity contribution in [3.8, 4) is 0 Å². The second-order valence-corrected chi connectivity index (χ2v) is 7.01. The van der Waals surface area contributed by atoms with Crippen LogP contribution in [0.5, 0.6) is 0 Å². The van der Waals surface area contributed by atoms with Crippen LogP contribution in [0.1, 0.15) is 24.1 Å². The summed E-state index contributed by atoms with van der Waals surface area (Å²) in [6, 6.07) is 13.5. The fourth-order valence-corrected chi connectivity index (χ4v) is 3.85. The molecular formula is C17H22IN3. The van der Waals surface area contributed by atoms with E-state index in [9.17, 15) is 0 Å². The Kier molecular flexibility index (Phi) is 4.98. The van der Waals surface area contributed by atoms with Gasteiger partial charge in [0.15, 0.2) is 0 Å². The molecule has 1 aromatic heterocycles. The topological polar surface area (TPSA) is 34.2 Å². The molecule has 0 unspecified atom stereocenters. The zero-order valence-electron chi connectivity index (χ0n) is 12.2. The summed E-state index contributed by atoms with van der Waals surface area (Å²) < 4.78 is 3.69. The van der Waals surface area contributed by atoms with E-state index in [1.807, 2.05) is 0 Å². The summed E-state index contributed by atoms with van der Waals surface area (Å²) in [7, 11) is 0. The third kappa shape index (κ3) is 3.67. The van der Waals surface area contributed by atoms with Crippen molar-refractivity contribution in [3.63, 3.8) is 0 Å². The van der Waals surface area contributed by atoms with Crippen molar-refractivity contribution < 1.29 is 0 Å². The largest absolute Gasteiger partial charge is 0.345 e. The van der Waals surface area contributed by atoms with Gasteiger partial charge in [0.2, 0.25) is 0 Å². The third-order valence-corrected chi connectivity index (χ3v) is 4.87. The van der Waals surface area contributed by atoms with Crippen LogP contribution in [0.4, 0.5) is 0 Å². The van der Waals surface area contributed by atoms with E-state index < -0.39 is 0 Å². The molecule has 1 saturated heterocycles. The molecule has 4 heteroatoms. The zero-order chi connectivity index (χ0) is 14.7. The Hall–Kier alpha value is -0.850. The van der Waals surface area contributed by atoms with Crippen molar-refractivity contribution in [2.24, 2.45) is 5.73 Å². The van der Waals surface area contributed by atoms with Crippen LogP contribution in [0.3, 0.4) is 0 Å². The number of aromatic nitrogens is 1. The molecule has 1 aromatic carbocycles. The van der Waals surface area contributed by atoms with Gasteiger partial charge >= 0.3 is 0 Å². The first kappa shape index (κ1) is 15.1. The van der Waals surface area contributed by atoms with Crippen LogP contribution in [0.2, 0.25) is 0 Å². The van der Waals surface area contributed by atoms with E-state index in [1.165, 1.54) is 34.2 Å². The minimum absolute atomic E-state index is 0.558. The van der Waals surface area contributed by atoms with Gasteiger partial charge in [-0.3, -0.25) is 4.90 Å². The SMILES string of the molecule is NC[C@@H]1CCCN1Cc1cc(I)cn1Cc1ccccc1. The Morgan fingerprint density at radius 1 is 1.19 bits per heavy atom. The van der Waals surface area contributed by atoms with Crippen molar-refractivity contribution in [1.82, 2.24) is 9.47 Å². The minimum Gasteiger partial charge on any atom is -0.345 e. The number of rotatable bonds is 5. The van der Waals surface area contributed by atoms with Gasteiger partial charge in [-0.25, -0.2) is 0 Å². The lowest BCUT2D eigenvalue weighted by Crippen LogP contribution is -2.35. The van der Waals surface area contributed by atoms with Gasteiger partial charge < -0.3 is 10.3 Å². The molecule has 1 aliphatic heterocycles. The lowest BCUT2D eigenvalue weighted by molar-refractivity contribution is 0.244. The molecular weight excluding hydrogens is 373 g/mol. The van der Waals surface area contributed by atoms with E-state index in [2.05, 4.69) is 74.7 Å². The average Bonchev–Trinajstić information content (AvgIpc) is 3.07. The van der Waals surface area contributed by atoms with E-state index >= 15 is 0 Å². The summed E-state index contributed by atoms with van der Waals surface area (Å²) in [5, 5.41) is 0. The Morgan fingerprint density at radius 3 is 2.76 bits per heavy atom. The molecule has 2 heterocycles. The number of halogens is 1. The molecule has 0 aliphatic carbocycles. The fourth-order valence-electron chi connectivity index (χ4n) is 3.15. The Balaban J connectivity index is 1.76. The highest BCUT2D eigenvalue weighted by atomic mass is 127. The lowest BCUT2D eigenvalue weighted by atomic mass is 10.2. The molecule has 2 aromatic rings. The maximum Gasteiger partial charge on any atom is 0.0473 e. The lowest BCUT2D eigenvalue weighted by Gasteiger charge is -2.23. The standard InChI is InChI=1S/C17H22IN3/c18-15-9-17(13-20-8-4-7-16(20)10-19)21(12-15)11-14-5-2-1-3-6-14/h1-3,5-6,9,12,16H,4,7-8,10-11,13,19H2/t16-/m0/s1. The molecule has 0 amide bonds. The number of hydrogen-bond acceptors (Lipinski definition) is 2. The van der Waals surface area contributed by atoms with Gasteiger partial charge in [-0.05, 0) is 53.6 Å². The van der Waals surface area contributed by atoms with Crippen LogP contribution in [0.25, 0.3) is 0 Å². The van der Waals surface area contributed by atoms with Crippen molar-refractivity contribution in [3.05, 3.63) is 57.4 Å². The number of hydrogen-bond donors (Lipinski definition) is 1. The third-order valence-electron chi connectivity index (χ3n) is 4.28. The van der Waals surface area contributed by atoms with E-state index in [1.54, 1.807) is 0 Å². The molecule has 0 spiro atoms. The Morgan fingerprint density at radius 2 is 2.00 bits per heavy atom. The monoisotopic (exact) mass is 395 g/mol.